The van der Waals surface area contributed by atoms with Crippen LogP contribution < -0.4 is 0 Å². The van der Waals surface area contributed by atoms with E-state index in [0.717, 1.165) is 18.4 Å². The van der Waals surface area contributed by atoms with Crippen LogP contribution in [0.2, 0.25) is 0 Å². The fourth-order valence-electron chi connectivity index (χ4n) is 3.09. The van der Waals surface area contributed by atoms with Crippen molar-refractivity contribution in [2.75, 3.05) is 6.54 Å². The van der Waals surface area contributed by atoms with E-state index < -0.39 is 0 Å². The smallest absolute Gasteiger partial charge is 0.254 e. The number of benzene rings is 2. The first-order valence-electron chi connectivity index (χ1n) is 8.08. The highest BCUT2D eigenvalue weighted by molar-refractivity contribution is 5.94. The molecule has 1 fully saturated rings. The van der Waals surface area contributed by atoms with Crippen LogP contribution in [0.15, 0.2) is 65.2 Å². The lowest BCUT2D eigenvalue weighted by molar-refractivity contribution is 0.0710. The second-order valence-corrected chi connectivity index (χ2v) is 5.84. The molecule has 0 radical (unpaired) electrons. The van der Waals surface area contributed by atoms with Crippen LogP contribution in [0.4, 0.5) is 0 Å². The summed E-state index contributed by atoms with van der Waals surface area (Å²) in [5.74, 6) is 1.08. The Balaban J connectivity index is 1.60. The number of nitrogens with zero attached hydrogens (tertiary/aromatic N) is 3. The predicted octanol–water partition coefficient (Wildman–Crippen LogP) is 3.71. The van der Waals surface area contributed by atoms with Crippen LogP contribution in [-0.2, 0) is 0 Å². The Morgan fingerprint density at radius 1 is 1.04 bits per heavy atom. The van der Waals surface area contributed by atoms with E-state index in [9.17, 15) is 4.79 Å². The van der Waals surface area contributed by atoms with E-state index >= 15 is 0 Å². The normalized spacial score (nSPS) is 17.2. The molecule has 0 saturated carbocycles. The summed E-state index contributed by atoms with van der Waals surface area (Å²) in [5.41, 5.74) is 1.60. The molecule has 0 aliphatic carbocycles. The first kappa shape index (κ1) is 14.6. The van der Waals surface area contributed by atoms with Crippen molar-refractivity contribution >= 4 is 5.91 Å². The molecule has 2 heterocycles. The number of amides is 1. The Morgan fingerprint density at radius 3 is 2.50 bits per heavy atom. The maximum Gasteiger partial charge on any atom is 0.254 e. The van der Waals surface area contributed by atoms with Gasteiger partial charge in [0.25, 0.3) is 5.91 Å². The number of hydrogen-bond donors (Lipinski definition) is 0. The highest BCUT2D eigenvalue weighted by atomic mass is 16.5. The molecular weight excluding hydrogens is 302 g/mol. The number of aromatic nitrogens is 2. The van der Waals surface area contributed by atoms with Crippen LogP contribution >= 0.6 is 0 Å². The van der Waals surface area contributed by atoms with Gasteiger partial charge in [-0.25, -0.2) is 0 Å². The summed E-state index contributed by atoms with van der Waals surface area (Å²) >= 11 is 0. The molecule has 1 amide bonds. The molecule has 0 N–H and O–H groups in total. The molecule has 1 aliphatic rings. The van der Waals surface area contributed by atoms with Gasteiger partial charge >= 0.3 is 0 Å². The molecule has 1 unspecified atom stereocenters. The zero-order chi connectivity index (χ0) is 16.4. The molecule has 1 saturated heterocycles. The number of rotatable bonds is 3. The van der Waals surface area contributed by atoms with Crippen LogP contribution in [0.3, 0.4) is 0 Å². The second-order valence-electron chi connectivity index (χ2n) is 5.84. The third-order valence-corrected chi connectivity index (χ3v) is 4.29. The number of carbonyl (C=O) groups excluding carboxylic acids is 1. The highest BCUT2D eigenvalue weighted by Crippen LogP contribution is 2.33. The van der Waals surface area contributed by atoms with E-state index in [-0.39, 0.29) is 11.9 Å². The molecule has 24 heavy (non-hydrogen) atoms. The Kier molecular flexibility index (Phi) is 3.83. The zero-order valence-electron chi connectivity index (χ0n) is 13.1. The van der Waals surface area contributed by atoms with Crippen LogP contribution in [0.25, 0.3) is 11.4 Å². The number of carbonyl (C=O) groups is 1. The predicted molar refractivity (Wildman–Crippen MR) is 89.2 cm³/mol. The topological polar surface area (TPSA) is 59.2 Å². The number of likely N-dealkylation sites (tertiary alicyclic amines) is 1. The Hall–Kier alpha value is -2.95. The summed E-state index contributed by atoms with van der Waals surface area (Å²) < 4.78 is 5.46. The van der Waals surface area contributed by atoms with Gasteiger partial charge in [-0.15, -0.1) is 0 Å². The lowest BCUT2D eigenvalue weighted by atomic mass is 10.1. The van der Waals surface area contributed by atoms with Crippen molar-refractivity contribution in [2.24, 2.45) is 0 Å². The Labute approximate surface area is 139 Å². The molecule has 1 aliphatic heterocycles. The van der Waals surface area contributed by atoms with Crippen molar-refractivity contribution in [2.45, 2.75) is 18.9 Å². The quantitative estimate of drug-likeness (QED) is 0.738. The zero-order valence-corrected chi connectivity index (χ0v) is 13.1. The van der Waals surface area contributed by atoms with Gasteiger partial charge in [0.1, 0.15) is 6.04 Å². The largest absolute Gasteiger partial charge is 0.337 e. The van der Waals surface area contributed by atoms with E-state index in [1.807, 2.05) is 65.6 Å². The van der Waals surface area contributed by atoms with Gasteiger partial charge in [0.15, 0.2) is 0 Å². The number of hydrogen-bond acceptors (Lipinski definition) is 4. The fourth-order valence-corrected chi connectivity index (χ4v) is 3.09. The van der Waals surface area contributed by atoms with Crippen molar-refractivity contribution in [3.63, 3.8) is 0 Å². The van der Waals surface area contributed by atoms with Gasteiger partial charge < -0.3 is 9.42 Å². The van der Waals surface area contributed by atoms with E-state index in [4.69, 9.17) is 4.52 Å². The summed E-state index contributed by atoms with van der Waals surface area (Å²) in [5, 5.41) is 4.07. The average molecular weight is 319 g/mol. The monoisotopic (exact) mass is 319 g/mol. The summed E-state index contributed by atoms with van der Waals surface area (Å²) in [6.07, 6.45) is 1.78. The van der Waals surface area contributed by atoms with Gasteiger partial charge in [-0.2, -0.15) is 4.98 Å². The first-order valence-corrected chi connectivity index (χ1v) is 8.08. The Bertz CT molecular complexity index is 830. The van der Waals surface area contributed by atoms with Gasteiger partial charge in [0.2, 0.25) is 11.7 Å². The summed E-state index contributed by atoms with van der Waals surface area (Å²) in [4.78, 5) is 19.1. The molecule has 2 aromatic carbocycles. The molecule has 3 aromatic rings. The van der Waals surface area contributed by atoms with E-state index in [1.54, 1.807) is 0 Å². The Morgan fingerprint density at radius 2 is 1.75 bits per heavy atom. The lowest BCUT2D eigenvalue weighted by Crippen LogP contribution is -2.30. The van der Waals surface area contributed by atoms with Gasteiger partial charge in [-0.1, -0.05) is 53.7 Å². The van der Waals surface area contributed by atoms with Crippen LogP contribution in [-0.4, -0.2) is 27.5 Å². The van der Waals surface area contributed by atoms with Crippen molar-refractivity contribution < 1.29 is 9.32 Å². The SMILES string of the molecule is O=C(c1ccccc1)N1CCCC1c1nc(-c2ccccc2)no1. The third kappa shape index (κ3) is 2.69. The molecule has 0 bridgehead atoms. The standard InChI is InChI=1S/C19H17N3O2/c23-19(15-10-5-2-6-11-15)22-13-7-12-16(22)18-20-17(21-24-18)14-8-3-1-4-9-14/h1-6,8-11,16H,7,12-13H2. The van der Waals surface area contributed by atoms with Crippen molar-refractivity contribution in [1.82, 2.24) is 15.0 Å². The minimum absolute atomic E-state index is 0.0116. The van der Waals surface area contributed by atoms with Crippen molar-refractivity contribution in [3.05, 3.63) is 72.1 Å². The van der Waals surface area contributed by atoms with Gasteiger partial charge in [0, 0.05) is 17.7 Å². The summed E-state index contributed by atoms with van der Waals surface area (Å²) in [6, 6.07) is 18.9. The van der Waals surface area contributed by atoms with Gasteiger partial charge in [0.05, 0.1) is 0 Å². The fraction of sp³-hybridized carbons (Fsp3) is 0.211. The third-order valence-electron chi connectivity index (χ3n) is 4.29. The molecule has 0 spiro atoms. The maximum atomic E-state index is 12.7. The molecule has 5 nitrogen and oxygen atoms in total. The van der Waals surface area contributed by atoms with E-state index in [1.165, 1.54) is 0 Å². The maximum absolute atomic E-state index is 12.7. The van der Waals surface area contributed by atoms with Crippen molar-refractivity contribution in [3.8, 4) is 11.4 Å². The lowest BCUT2D eigenvalue weighted by Gasteiger charge is -2.21. The molecule has 4 rings (SSSR count). The summed E-state index contributed by atoms with van der Waals surface area (Å²) in [6.45, 7) is 0.710. The van der Waals surface area contributed by atoms with Gasteiger partial charge in [-0.3, -0.25) is 4.79 Å². The minimum Gasteiger partial charge on any atom is -0.337 e. The first-order chi connectivity index (χ1) is 11.8. The van der Waals surface area contributed by atoms with Crippen LogP contribution in [0, 0.1) is 0 Å². The van der Waals surface area contributed by atoms with E-state index in [0.29, 0.717) is 23.8 Å². The molecule has 1 aromatic heterocycles. The molecular formula is C19H17N3O2. The molecule has 1 atom stereocenters. The van der Waals surface area contributed by atoms with Crippen LogP contribution in [0.5, 0.6) is 0 Å². The van der Waals surface area contributed by atoms with Crippen molar-refractivity contribution in [1.29, 1.82) is 0 Å². The highest BCUT2D eigenvalue weighted by Gasteiger charge is 2.34. The van der Waals surface area contributed by atoms with Crippen LogP contribution in [0.1, 0.15) is 35.1 Å². The van der Waals surface area contributed by atoms with E-state index in [2.05, 4.69) is 10.1 Å². The summed E-state index contributed by atoms with van der Waals surface area (Å²) in [7, 11) is 0. The van der Waals surface area contributed by atoms with Gasteiger partial charge in [-0.05, 0) is 25.0 Å². The molecule has 5 heteroatoms. The minimum atomic E-state index is -0.150. The second kappa shape index (κ2) is 6.28. The molecule has 120 valence electrons. The average Bonchev–Trinajstić information content (AvgIpc) is 3.32.